The summed E-state index contributed by atoms with van der Waals surface area (Å²) < 4.78 is 26.1. The fourth-order valence-corrected chi connectivity index (χ4v) is 4.71. The number of terminal acetylenes is 1. The highest BCUT2D eigenvalue weighted by atomic mass is 32.2. The lowest BCUT2D eigenvalue weighted by molar-refractivity contribution is -0.384. The number of amides is 1. The van der Waals surface area contributed by atoms with E-state index in [9.17, 15) is 23.3 Å². The molecule has 0 saturated heterocycles. The molecule has 1 aromatic heterocycles. The van der Waals surface area contributed by atoms with Crippen molar-refractivity contribution in [1.82, 2.24) is 4.57 Å². The van der Waals surface area contributed by atoms with E-state index in [1.807, 2.05) is 0 Å². The number of carbonyl (C=O) groups is 1. The van der Waals surface area contributed by atoms with Crippen LogP contribution in [0.25, 0.3) is 10.2 Å². The lowest BCUT2D eigenvalue weighted by Gasteiger charge is -2.03. The van der Waals surface area contributed by atoms with E-state index in [2.05, 4.69) is 10.9 Å². The summed E-state index contributed by atoms with van der Waals surface area (Å²) in [5.74, 6) is 2.03. The Hall–Kier alpha value is -3.29. The molecule has 0 unspecified atom stereocenters. The van der Waals surface area contributed by atoms with Crippen molar-refractivity contribution in [3.8, 4) is 12.3 Å². The van der Waals surface area contributed by atoms with Crippen LogP contribution in [0.15, 0.2) is 52.4 Å². The normalized spacial score (nSPS) is 12.1. The highest BCUT2D eigenvalue weighted by molar-refractivity contribution is 7.91. The average molecular weight is 444 g/mol. The zero-order valence-electron chi connectivity index (χ0n) is 15.9. The van der Waals surface area contributed by atoms with Crippen molar-refractivity contribution in [2.24, 2.45) is 4.99 Å². The maximum atomic E-state index is 12.5. The Morgan fingerprint density at radius 1 is 1.27 bits per heavy atom. The number of thiazole rings is 1. The number of hydrogen-bond donors (Lipinski definition) is 0. The van der Waals surface area contributed by atoms with Crippen LogP contribution < -0.4 is 4.80 Å². The first kappa shape index (κ1) is 21.4. The highest BCUT2D eigenvalue weighted by Gasteiger charge is 2.14. The molecule has 0 radical (unpaired) electrons. The predicted molar refractivity (Wildman–Crippen MR) is 114 cm³/mol. The van der Waals surface area contributed by atoms with Gasteiger partial charge in [0, 0.05) is 12.1 Å². The van der Waals surface area contributed by atoms with Gasteiger partial charge in [0.05, 0.1) is 38.8 Å². The van der Waals surface area contributed by atoms with Crippen LogP contribution in [0.1, 0.15) is 12.5 Å². The molecule has 30 heavy (non-hydrogen) atoms. The van der Waals surface area contributed by atoms with Crippen molar-refractivity contribution in [2.45, 2.75) is 24.8 Å². The average Bonchev–Trinajstić information content (AvgIpc) is 3.05. The number of benzene rings is 2. The van der Waals surface area contributed by atoms with Gasteiger partial charge in [-0.3, -0.25) is 14.9 Å². The number of fused-ring (bicyclic) bond motifs is 1. The maximum absolute atomic E-state index is 12.5. The third-order valence-electron chi connectivity index (χ3n) is 4.36. The van der Waals surface area contributed by atoms with E-state index < -0.39 is 20.7 Å². The minimum absolute atomic E-state index is 0.000111. The monoisotopic (exact) mass is 443 g/mol. The fourth-order valence-electron chi connectivity index (χ4n) is 2.80. The first-order chi connectivity index (χ1) is 14.2. The number of nitrogens with zero attached hydrogens (tertiary/aromatic N) is 3. The number of sulfone groups is 1. The second kappa shape index (κ2) is 8.61. The zero-order valence-corrected chi connectivity index (χ0v) is 17.6. The third-order valence-corrected chi connectivity index (χ3v) is 7.17. The van der Waals surface area contributed by atoms with Crippen LogP contribution in [0.3, 0.4) is 0 Å². The van der Waals surface area contributed by atoms with Crippen LogP contribution in [0.5, 0.6) is 0 Å². The van der Waals surface area contributed by atoms with E-state index in [0.29, 0.717) is 15.9 Å². The van der Waals surface area contributed by atoms with Gasteiger partial charge in [0.15, 0.2) is 14.6 Å². The molecule has 2 aromatic carbocycles. The van der Waals surface area contributed by atoms with Crippen LogP contribution in [0.4, 0.5) is 5.69 Å². The molecule has 3 rings (SSSR count). The molecule has 0 atom stereocenters. The molecule has 154 valence electrons. The van der Waals surface area contributed by atoms with Crippen molar-refractivity contribution in [3.05, 3.63) is 62.9 Å². The summed E-state index contributed by atoms with van der Waals surface area (Å²) >= 11 is 1.21. The van der Waals surface area contributed by atoms with E-state index >= 15 is 0 Å². The summed E-state index contributed by atoms with van der Waals surface area (Å²) in [5, 5.41) is 11.1. The predicted octanol–water partition coefficient (Wildman–Crippen LogP) is 2.71. The first-order valence-corrected chi connectivity index (χ1v) is 11.3. The van der Waals surface area contributed by atoms with Gasteiger partial charge in [-0.15, -0.1) is 6.42 Å². The largest absolute Gasteiger partial charge is 0.304 e. The molecule has 1 amide bonds. The Labute approximate surface area is 176 Å². The quantitative estimate of drug-likeness (QED) is 0.330. The number of non-ortho nitro benzene ring substituents is 1. The molecular formula is C20H17N3O5S2. The number of hydrogen-bond acceptors (Lipinski definition) is 6. The Balaban J connectivity index is 1.94. The number of carbonyl (C=O) groups excluding carboxylic acids is 1. The molecule has 0 saturated carbocycles. The van der Waals surface area contributed by atoms with Gasteiger partial charge in [-0.2, -0.15) is 4.99 Å². The Kier molecular flexibility index (Phi) is 6.14. The molecule has 8 nitrogen and oxygen atoms in total. The first-order valence-electron chi connectivity index (χ1n) is 8.85. The SMILES string of the molecule is C#CCn1c(=NC(=O)Cc2ccc(S(=O)(=O)CC)cc2)sc2ccc([N+](=O)[O-])cc21. The summed E-state index contributed by atoms with van der Waals surface area (Å²) in [6.07, 6.45) is 5.40. The number of aromatic nitrogens is 1. The van der Waals surface area contributed by atoms with Crippen molar-refractivity contribution >= 4 is 43.0 Å². The van der Waals surface area contributed by atoms with E-state index in [-0.39, 0.29) is 29.3 Å². The molecular weight excluding hydrogens is 426 g/mol. The van der Waals surface area contributed by atoms with Crippen molar-refractivity contribution in [2.75, 3.05) is 5.75 Å². The smallest absolute Gasteiger partial charge is 0.271 e. The van der Waals surface area contributed by atoms with Gasteiger partial charge in [0.25, 0.3) is 11.6 Å². The summed E-state index contributed by atoms with van der Waals surface area (Å²) in [5.41, 5.74) is 1.08. The van der Waals surface area contributed by atoms with Crippen LogP contribution in [-0.2, 0) is 27.6 Å². The van der Waals surface area contributed by atoms with Gasteiger partial charge in [-0.1, -0.05) is 36.3 Å². The van der Waals surface area contributed by atoms with Gasteiger partial charge >= 0.3 is 0 Å². The van der Waals surface area contributed by atoms with Crippen LogP contribution in [-0.4, -0.2) is 29.6 Å². The van der Waals surface area contributed by atoms with E-state index in [1.165, 1.54) is 35.6 Å². The van der Waals surface area contributed by atoms with Crippen LogP contribution >= 0.6 is 11.3 Å². The highest BCUT2D eigenvalue weighted by Crippen LogP contribution is 2.23. The molecule has 1 heterocycles. The molecule has 0 aliphatic rings. The van der Waals surface area contributed by atoms with Gasteiger partial charge in [-0.05, 0) is 23.8 Å². The molecule has 0 bridgehead atoms. The Morgan fingerprint density at radius 2 is 1.97 bits per heavy atom. The number of nitro groups is 1. The van der Waals surface area contributed by atoms with E-state index in [4.69, 9.17) is 6.42 Å². The van der Waals surface area contributed by atoms with Crippen LogP contribution in [0, 0.1) is 22.5 Å². The van der Waals surface area contributed by atoms with Gasteiger partial charge in [0.2, 0.25) is 0 Å². The molecule has 0 N–H and O–H groups in total. The molecule has 3 aromatic rings. The Bertz CT molecular complexity index is 1340. The topological polar surface area (TPSA) is 112 Å². The molecule has 0 aliphatic carbocycles. The molecule has 0 aliphatic heterocycles. The van der Waals surface area contributed by atoms with E-state index in [0.717, 1.165) is 4.70 Å². The summed E-state index contributed by atoms with van der Waals surface area (Å²) in [6.45, 7) is 1.67. The van der Waals surface area contributed by atoms with E-state index in [1.54, 1.807) is 29.7 Å². The Morgan fingerprint density at radius 3 is 2.57 bits per heavy atom. The summed E-state index contributed by atoms with van der Waals surface area (Å²) in [4.78, 5) is 27.7. The van der Waals surface area contributed by atoms with Gasteiger partial charge in [-0.25, -0.2) is 8.42 Å². The third kappa shape index (κ3) is 4.48. The summed E-state index contributed by atoms with van der Waals surface area (Å²) in [6, 6.07) is 10.5. The molecule has 10 heteroatoms. The standard InChI is InChI=1S/C20H17N3O5S2/c1-3-11-22-17-13-15(23(25)26)7-10-18(17)29-20(22)21-19(24)12-14-5-8-16(9-6-14)30(27,28)4-2/h1,5-10,13H,4,11-12H2,2H3. The van der Waals surface area contributed by atoms with Crippen molar-refractivity contribution in [3.63, 3.8) is 0 Å². The molecule has 0 spiro atoms. The van der Waals surface area contributed by atoms with Crippen molar-refractivity contribution in [1.29, 1.82) is 0 Å². The lowest BCUT2D eigenvalue weighted by atomic mass is 10.1. The van der Waals surface area contributed by atoms with Crippen LogP contribution in [0.2, 0.25) is 0 Å². The zero-order chi connectivity index (χ0) is 21.9. The second-order valence-electron chi connectivity index (χ2n) is 6.31. The molecule has 0 fully saturated rings. The minimum atomic E-state index is -3.31. The maximum Gasteiger partial charge on any atom is 0.271 e. The van der Waals surface area contributed by atoms with Gasteiger partial charge in [0.1, 0.15) is 0 Å². The second-order valence-corrected chi connectivity index (χ2v) is 9.60. The minimum Gasteiger partial charge on any atom is -0.304 e. The lowest BCUT2D eigenvalue weighted by Crippen LogP contribution is -2.17. The van der Waals surface area contributed by atoms with Crippen molar-refractivity contribution < 1.29 is 18.1 Å². The van der Waals surface area contributed by atoms with Gasteiger partial charge < -0.3 is 4.57 Å². The number of nitro benzene ring substituents is 1. The fraction of sp³-hybridized carbons (Fsp3) is 0.200. The summed E-state index contributed by atoms with van der Waals surface area (Å²) in [7, 11) is -3.31. The number of rotatable bonds is 6.